The van der Waals surface area contributed by atoms with E-state index in [0.717, 1.165) is 98.5 Å². The van der Waals surface area contributed by atoms with Crippen LogP contribution in [0.1, 0.15) is 36.8 Å². The molecule has 48 heavy (non-hydrogen) atoms. The van der Waals surface area contributed by atoms with Crippen LogP contribution in [0.2, 0.25) is 0 Å². The number of rotatable bonds is 8. The number of para-hydroxylation sites is 2. The average molecular weight is 643 g/mol. The topological polar surface area (TPSA) is 55.1 Å². The van der Waals surface area contributed by atoms with Gasteiger partial charge in [-0.1, -0.05) is 36.4 Å². The van der Waals surface area contributed by atoms with E-state index in [-0.39, 0.29) is 23.5 Å². The van der Waals surface area contributed by atoms with Crippen molar-refractivity contribution < 1.29 is 13.6 Å². The van der Waals surface area contributed by atoms with Crippen molar-refractivity contribution >= 4 is 27.6 Å². The number of nitrogens with one attached hydrogen (secondary N) is 2. The Morgan fingerprint density at radius 2 is 1.02 bits per heavy atom. The van der Waals surface area contributed by atoms with E-state index < -0.39 is 0 Å². The smallest absolute Gasteiger partial charge is 0.141 e. The molecule has 0 radical (unpaired) electrons. The summed E-state index contributed by atoms with van der Waals surface area (Å²) in [4.78, 5) is 26.2. The van der Waals surface area contributed by atoms with Gasteiger partial charge in [0.1, 0.15) is 17.4 Å². The van der Waals surface area contributed by atoms with Crippen molar-refractivity contribution in [1.82, 2.24) is 19.8 Å². The highest BCUT2D eigenvalue weighted by atomic mass is 19.1. The van der Waals surface area contributed by atoms with Crippen LogP contribution in [0.4, 0.5) is 8.78 Å². The Morgan fingerprint density at radius 1 is 0.604 bits per heavy atom. The van der Waals surface area contributed by atoms with Gasteiger partial charge in [0.15, 0.2) is 0 Å². The van der Waals surface area contributed by atoms with Gasteiger partial charge < -0.3 is 9.97 Å². The molecule has 2 atom stereocenters. The first-order valence-electron chi connectivity index (χ1n) is 17.2. The van der Waals surface area contributed by atoms with Crippen LogP contribution in [0.15, 0.2) is 97.1 Å². The minimum absolute atomic E-state index is 0.0195. The SMILES string of the molecule is O=C(C1CCCN(Cc2c(-c3ccc(F)cc3)[nH]c3ccccc23)C1)C1CCCN(Cc2c(-c3ccc(F)cc3)[nH]c3ccccc23)C1. The van der Waals surface area contributed by atoms with E-state index in [0.29, 0.717) is 5.78 Å². The number of halogens is 2. The van der Waals surface area contributed by atoms with Gasteiger partial charge in [-0.15, -0.1) is 0 Å². The normalized spacial score (nSPS) is 19.3. The fraction of sp³-hybridized carbons (Fsp3) is 0.293. The summed E-state index contributed by atoms with van der Waals surface area (Å²) in [5, 5.41) is 2.34. The van der Waals surface area contributed by atoms with Crippen LogP contribution in [0.25, 0.3) is 44.3 Å². The first kappa shape index (κ1) is 30.7. The molecule has 0 bridgehead atoms. The minimum Gasteiger partial charge on any atom is -0.354 e. The van der Waals surface area contributed by atoms with E-state index in [1.54, 1.807) is 0 Å². The molecule has 0 spiro atoms. The molecule has 4 heterocycles. The fourth-order valence-electron chi connectivity index (χ4n) is 8.10. The van der Waals surface area contributed by atoms with Crippen molar-refractivity contribution in [3.8, 4) is 22.5 Å². The number of ketones is 1. The number of carbonyl (C=O) groups excluding carboxylic acids is 1. The Balaban J connectivity index is 0.988. The zero-order valence-corrected chi connectivity index (χ0v) is 27.0. The predicted octanol–water partition coefficient (Wildman–Crippen LogP) is 8.95. The number of aromatic amines is 2. The average Bonchev–Trinajstić information content (AvgIpc) is 3.67. The van der Waals surface area contributed by atoms with Crippen LogP contribution in [0.3, 0.4) is 0 Å². The van der Waals surface area contributed by atoms with Crippen molar-refractivity contribution in [2.45, 2.75) is 38.8 Å². The Morgan fingerprint density at radius 3 is 1.46 bits per heavy atom. The molecule has 6 aromatic rings. The van der Waals surface area contributed by atoms with E-state index >= 15 is 0 Å². The van der Waals surface area contributed by atoms with Gasteiger partial charge in [-0.25, -0.2) is 8.78 Å². The number of fused-ring (bicyclic) bond motifs is 2. The molecular weight excluding hydrogens is 602 g/mol. The molecule has 7 heteroatoms. The number of hydrogen-bond acceptors (Lipinski definition) is 3. The van der Waals surface area contributed by atoms with Crippen LogP contribution < -0.4 is 0 Å². The summed E-state index contributed by atoms with van der Waals surface area (Å²) in [5.74, 6) is -0.0495. The largest absolute Gasteiger partial charge is 0.354 e. The van der Waals surface area contributed by atoms with E-state index in [4.69, 9.17) is 0 Å². The summed E-state index contributed by atoms with van der Waals surface area (Å²) in [6.45, 7) is 4.91. The second-order valence-corrected chi connectivity index (χ2v) is 13.6. The molecule has 244 valence electrons. The van der Waals surface area contributed by atoms with Gasteiger partial charge in [0.05, 0.1) is 11.4 Å². The number of hydrogen-bond donors (Lipinski definition) is 2. The van der Waals surface area contributed by atoms with Crippen molar-refractivity contribution in [3.05, 3.63) is 120 Å². The van der Waals surface area contributed by atoms with E-state index in [1.807, 2.05) is 36.4 Å². The van der Waals surface area contributed by atoms with Gasteiger partial charge in [-0.05, 0) is 122 Å². The highest BCUT2D eigenvalue weighted by Gasteiger charge is 2.34. The Hall–Kier alpha value is -4.59. The number of H-pyrrole nitrogens is 2. The molecule has 4 aromatic carbocycles. The van der Waals surface area contributed by atoms with Crippen LogP contribution in [0, 0.1) is 23.5 Å². The lowest BCUT2D eigenvalue weighted by Gasteiger charge is -2.37. The van der Waals surface area contributed by atoms with Gasteiger partial charge in [-0.2, -0.15) is 0 Å². The monoisotopic (exact) mass is 642 g/mol. The maximum atomic E-state index is 14.2. The lowest BCUT2D eigenvalue weighted by molar-refractivity contribution is -0.130. The van der Waals surface area contributed by atoms with Gasteiger partial charge in [0, 0.05) is 59.8 Å². The number of piperidine rings is 2. The molecule has 2 aliphatic rings. The van der Waals surface area contributed by atoms with Crippen LogP contribution >= 0.6 is 0 Å². The second-order valence-electron chi connectivity index (χ2n) is 13.6. The fourth-order valence-corrected chi connectivity index (χ4v) is 8.10. The zero-order chi connectivity index (χ0) is 32.6. The van der Waals surface area contributed by atoms with Gasteiger partial charge in [0.25, 0.3) is 0 Å². The van der Waals surface area contributed by atoms with Crippen LogP contribution in [-0.2, 0) is 17.9 Å². The first-order valence-corrected chi connectivity index (χ1v) is 17.2. The Labute approximate surface area is 279 Å². The zero-order valence-electron chi connectivity index (χ0n) is 27.0. The van der Waals surface area contributed by atoms with Crippen LogP contribution in [0.5, 0.6) is 0 Å². The van der Waals surface area contributed by atoms with E-state index in [1.165, 1.54) is 46.2 Å². The van der Waals surface area contributed by atoms with Gasteiger partial charge in [-0.3, -0.25) is 14.6 Å². The van der Waals surface area contributed by atoms with E-state index in [2.05, 4.69) is 56.2 Å². The summed E-state index contributed by atoms with van der Waals surface area (Å²) in [5.41, 5.74) is 8.50. The molecule has 0 amide bonds. The molecule has 2 saturated heterocycles. The third kappa shape index (κ3) is 6.09. The molecule has 8 rings (SSSR count). The van der Waals surface area contributed by atoms with Gasteiger partial charge in [0.2, 0.25) is 0 Å². The number of likely N-dealkylation sites (tertiary alicyclic amines) is 2. The lowest BCUT2D eigenvalue weighted by atomic mass is 9.82. The third-order valence-corrected chi connectivity index (χ3v) is 10.5. The van der Waals surface area contributed by atoms with Gasteiger partial charge >= 0.3 is 0 Å². The molecule has 2 aromatic heterocycles. The van der Waals surface area contributed by atoms with Crippen LogP contribution in [-0.4, -0.2) is 51.7 Å². The molecule has 2 aliphatic heterocycles. The molecule has 5 nitrogen and oxygen atoms in total. The van der Waals surface area contributed by atoms with Crippen molar-refractivity contribution in [3.63, 3.8) is 0 Å². The Bertz CT molecular complexity index is 1920. The first-order chi connectivity index (χ1) is 23.5. The Kier molecular flexibility index (Phi) is 8.41. The summed E-state index contributed by atoms with van der Waals surface area (Å²) in [6.07, 6.45) is 3.86. The van der Waals surface area contributed by atoms with Crippen molar-refractivity contribution in [1.29, 1.82) is 0 Å². The second kappa shape index (κ2) is 13.1. The molecule has 2 N–H and O–H groups in total. The lowest BCUT2D eigenvalue weighted by Crippen LogP contribution is -2.44. The number of benzene rings is 4. The number of aromatic nitrogens is 2. The minimum atomic E-state index is -0.246. The molecule has 2 fully saturated rings. The summed E-state index contributed by atoms with van der Waals surface area (Å²) in [7, 11) is 0. The number of Topliss-reactive ketones (excluding diaryl/α,β-unsaturated/α-hetero) is 1. The molecule has 0 saturated carbocycles. The van der Waals surface area contributed by atoms with E-state index in [9.17, 15) is 13.6 Å². The number of nitrogens with zero attached hydrogens (tertiary/aromatic N) is 2. The van der Waals surface area contributed by atoms with Crippen molar-refractivity contribution in [2.75, 3.05) is 26.2 Å². The molecule has 2 unspecified atom stereocenters. The third-order valence-electron chi connectivity index (χ3n) is 10.5. The maximum Gasteiger partial charge on any atom is 0.141 e. The molecular formula is C41H40F2N4O. The predicted molar refractivity (Wildman–Crippen MR) is 188 cm³/mol. The summed E-state index contributed by atoms with van der Waals surface area (Å²) >= 11 is 0. The summed E-state index contributed by atoms with van der Waals surface area (Å²) in [6, 6.07) is 30.0. The van der Waals surface area contributed by atoms with Crippen molar-refractivity contribution in [2.24, 2.45) is 11.8 Å². The quantitative estimate of drug-likeness (QED) is 0.174. The number of carbonyl (C=O) groups is 1. The molecule has 0 aliphatic carbocycles. The summed E-state index contributed by atoms with van der Waals surface area (Å²) < 4.78 is 27.5. The highest BCUT2D eigenvalue weighted by molar-refractivity contribution is 5.92. The maximum absolute atomic E-state index is 14.2. The standard InChI is InChI=1S/C41H40F2N4O/c42-31-17-13-27(14-18-31)39-35(33-9-1-3-11-37(33)44-39)25-46-21-5-7-29(23-46)41(48)30-8-6-22-47(24-30)26-36-34-10-2-4-12-38(34)45-40(36)28-15-19-32(43)20-16-28/h1-4,9-20,29-30,44-45H,5-8,21-26H2. The highest BCUT2D eigenvalue weighted by Crippen LogP contribution is 2.35.